The van der Waals surface area contributed by atoms with Crippen LogP contribution in [-0.2, 0) is 6.42 Å². The van der Waals surface area contributed by atoms with Crippen LogP contribution in [0.3, 0.4) is 0 Å². The first kappa shape index (κ1) is 7.92. The monoisotopic (exact) mass is 226 g/mol. The van der Waals surface area contributed by atoms with Gasteiger partial charge in [0.25, 0.3) is 0 Å². The number of anilines is 2. The van der Waals surface area contributed by atoms with Crippen molar-refractivity contribution in [2.24, 2.45) is 0 Å². The number of nitrogen functional groups attached to an aromatic ring is 1. The molecule has 1 aliphatic heterocycles. The fraction of sp³-hybridized carbons (Fsp3) is 0.333. The first-order chi connectivity index (χ1) is 5.77. The van der Waals surface area contributed by atoms with Crippen molar-refractivity contribution in [2.45, 2.75) is 12.8 Å². The molecule has 1 aliphatic rings. The second-order valence-corrected chi connectivity index (χ2v) is 3.98. The molecule has 2 nitrogen and oxygen atoms in total. The lowest BCUT2D eigenvalue weighted by Gasteiger charge is -2.19. The molecular formula is C9H11BrN2. The summed E-state index contributed by atoms with van der Waals surface area (Å²) in [5, 5.41) is 3.31. The van der Waals surface area contributed by atoms with Crippen LogP contribution >= 0.6 is 15.9 Å². The van der Waals surface area contributed by atoms with Gasteiger partial charge in [0.15, 0.2) is 0 Å². The van der Waals surface area contributed by atoms with Gasteiger partial charge in [-0.2, -0.15) is 0 Å². The summed E-state index contributed by atoms with van der Waals surface area (Å²) in [6.45, 7) is 1.04. The van der Waals surface area contributed by atoms with Gasteiger partial charge < -0.3 is 11.1 Å². The molecule has 1 aromatic rings. The third-order valence-electron chi connectivity index (χ3n) is 2.14. The summed E-state index contributed by atoms with van der Waals surface area (Å²) in [5.74, 6) is 0. The van der Waals surface area contributed by atoms with Gasteiger partial charge in [0.05, 0.1) is 11.4 Å². The van der Waals surface area contributed by atoms with E-state index in [0.717, 1.165) is 28.8 Å². The fourth-order valence-electron chi connectivity index (χ4n) is 1.59. The largest absolute Gasteiger partial charge is 0.397 e. The van der Waals surface area contributed by atoms with Crippen molar-refractivity contribution in [2.75, 3.05) is 17.6 Å². The normalized spacial score (nSPS) is 15.1. The Bertz CT molecular complexity index is 310. The molecule has 0 atom stereocenters. The Labute approximate surface area is 80.3 Å². The number of aryl methyl sites for hydroxylation is 1. The van der Waals surface area contributed by atoms with Crippen molar-refractivity contribution in [3.8, 4) is 0 Å². The van der Waals surface area contributed by atoms with E-state index < -0.39 is 0 Å². The molecule has 1 aromatic carbocycles. The number of nitrogens with two attached hydrogens (primary N) is 1. The van der Waals surface area contributed by atoms with Gasteiger partial charge in [0.2, 0.25) is 0 Å². The molecule has 3 N–H and O–H groups in total. The minimum atomic E-state index is 0.846. The number of rotatable bonds is 0. The predicted molar refractivity (Wildman–Crippen MR) is 55.4 cm³/mol. The second-order valence-electron chi connectivity index (χ2n) is 3.06. The Balaban J connectivity index is 2.53. The molecule has 0 saturated heterocycles. The maximum absolute atomic E-state index is 5.85. The maximum atomic E-state index is 5.85. The zero-order valence-corrected chi connectivity index (χ0v) is 8.32. The first-order valence-corrected chi connectivity index (χ1v) is 4.88. The fourth-order valence-corrected chi connectivity index (χ4v) is 2.11. The Kier molecular flexibility index (Phi) is 1.97. The van der Waals surface area contributed by atoms with Crippen molar-refractivity contribution >= 4 is 27.3 Å². The summed E-state index contributed by atoms with van der Waals surface area (Å²) >= 11 is 3.43. The first-order valence-electron chi connectivity index (χ1n) is 4.09. The highest BCUT2D eigenvalue weighted by molar-refractivity contribution is 9.10. The maximum Gasteiger partial charge on any atom is 0.0607 e. The summed E-state index contributed by atoms with van der Waals surface area (Å²) in [6.07, 6.45) is 2.33. The van der Waals surface area contributed by atoms with Crippen LogP contribution in [0.4, 0.5) is 11.4 Å². The van der Waals surface area contributed by atoms with Gasteiger partial charge in [-0.25, -0.2) is 0 Å². The second kappa shape index (κ2) is 2.98. The highest BCUT2D eigenvalue weighted by atomic mass is 79.9. The van der Waals surface area contributed by atoms with Gasteiger partial charge in [0, 0.05) is 11.0 Å². The number of fused-ring (bicyclic) bond motifs is 1. The Hall–Kier alpha value is -0.700. The van der Waals surface area contributed by atoms with Crippen molar-refractivity contribution in [1.29, 1.82) is 0 Å². The smallest absolute Gasteiger partial charge is 0.0607 e. The Morgan fingerprint density at radius 1 is 1.42 bits per heavy atom. The van der Waals surface area contributed by atoms with Crippen LogP contribution < -0.4 is 11.1 Å². The van der Waals surface area contributed by atoms with E-state index in [0.29, 0.717) is 0 Å². The number of hydrogen-bond acceptors (Lipinski definition) is 2. The van der Waals surface area contributed by atoms with E-state index >= 15 is 0 Å². The molecule has 0 amide bonds. The summed E-state index contributed by atoms with van der Waals surface area (Å²) in [6, 6.07) is 4.08. The third-order valence-corrected chi connectivity index (χ3v) is 2.60. The van der Waals surface area contributed by atoms with Crippen molar-refractivity contribution < 1.29 is 0 Å². The lowest BCUT2D eigenvalue weighted by atomic mass is 10.0. The third kappa shape index (κ3) is 1.29. The Morgan fingerprint density at radius 2 is 2.25 bits per heavy atom. The minimum absolute atomic E-state index is 0.846. The van der Waals surface area contributed by atoms with Gasteiger partial charge in [-0.15, -0.1) is 0 Å². The van der Waals surface area contributed by atoms with E-state index in [-0.39, 0.29) is 0 Å². The van der Waals surface area contributed by atoms with Crippen LogP contribution in [0.1, 0.15) is 12.0 Å². The molecule has 0 fully saturated rings. The van der Waals surface area contributed by atoms with Crippen molar-refractivity contribution in [3.63, 3.8) is 0 Å². The number of benzene rings is 1. The van der Waals surface area contributed by atoms with E-state index in [4.69, 9.17) is 5.73 Å². The van der Waals surface area contributed by atoms with Gasteiger partial charge >= 0.3 is 0 Å². The topological polar surface area (TPSA) is 38.0 Å². The highest BCUT2D eigenvalue weighted by Crippen LogP contribution is 2.31. The SMILES string of the molecule is Nc1cc(Br)cc2c1NCCC2. The van der Waals surface area contributed by atoms with E-state index in [9.17, 15) is 0 Å². The lowest BCUT2D eigenvalue weighted by molar-refractivity contribution is 0.830. The molecule has 0 saturated carbocycles. The van der Waals surface area contributed by atoms with Crippen LogP contribution in [0.5, 0.6) is 0 Å². The molecule has 0 bridgehead atoms. The number of nitrogens with one attached hydrogen (secondary N) is 1. The summed E-state index contributed by atoms with van der Waals surface area (Å²) in [7, 11) is 0. The van der Waals surface area contributed by atoms with Crippen LogP contribution in [0.25, 0.3) is 0 Å². The minimum Gasteiger partial charge on any atom is -0.397 e. The van der Waals surface area contributed by atoms with E-state index in [1.165, 1.54) is 12.0 Å². The molecule has 2 rings (SSSR count). The molecule has 0 unspecified atom stereocenters. The summed E-state index contributed by atoms with van der Waals surface area (Å²) in [5.41, 5.74) is 9.15. The zero-order chi connectivity index (χ0) is 8.55. The van der Waals surface area contributed by atoms with Crippen LogP contribution in [0, 0.1) is 0 Å². The standard InChI is InChI=1S/C9H11BrN2/c10-7-4-6-2-1-3-12-9(6)8(11)5-7/h4-5,12H,1-3,11H2. The average Bonchev–Trinajstić information content (AvgIpc) is 2.04. The molecule has 0 aliphatic carbocycles. The van der Waals surface area contributed by atoms with E-state index in [1.54, 1.807) is 0 Å². The van der Waals surface area contributed by atoms with Crippen LogP contribution in [0.15, 0.2) is 16.6 Å². The molecule has 0 radical (unpaired) electrons. The van der Waals surface area contributed by atoms with Gasteiger partial charge in [-0.05, 0) is 30.5 Å². The van der Waals surface area contributed by atoms with Gasteiger partial charge in [0.1, 0.15) is 0 Å². The molecular weight excluding hydrogens is 216 g/mol. The lowest BCUT2D eigenvalue weighted by Crippen LogP contribution is -2.13. The highest BCUT2D eigenvalue weighted by Gasteiger charge is 2.11. The van der Waals surface area contributed by atoms with Crippen molar-refractivity contribution in [3.05, 3.63) is 22.2 Å². The predicted octanol–water partition coefficient (Wildman–Crippen LogP) is 2.39. The number of halogens is 1. The molecule has 0 spiro atoms. The molecule has 0 aromatic heterocycles. The number of hydrogen-bond donors (Lipinski definition) is 2. The summed E-state index contributed by atoms with van der Waals surface area (Å²) in [4.78, 5) is 0. The average molecular weight is 227 g/mol. The van der Waals surface area contributed by atoms with Crippen LogP contribution in [-0.4, -0.2) is 6.54 Å². The van der Waals surface area contributed by atoms with E-state index in [1.807, 2.05) is 6.07 Å². The molecule has 12 heavy (non-hydrogen) atoms. The quantitative estimate of drug-likeness (QED) is 0.668. The van der Waals surface area contributed by atoms with Gasteiger partial charge in [-0.3, -0.25) is 0 Å². The molecule has 3 heteroatoms. The van der Waals surface area contributed by atoms with Gasteiger partial charge in [-0.1, -0.05) is 15.9 Å². The zero-order valence-electron chi connectivity index (χ0n) is 6.73. The molecule has 1 heterocycles. The Morgan fingerprint density at radius 3 is 3.08 bits per heavy atom. The van der Waals surface area contributed by atoms with Crippen LogP contribution in [0.2, 0.25) is 0 Å². The molecule has 64 valence electrons. The van der Waals surface area contributed by atoms with E-state index in [2.05, 4.69) is 27.3 Å². The summed E-state index contributed by atoms with van der Waals surface area (Å²) < 4.78 is 1.07. The van der Waals surface area contributed by atoms with Crippen molar-refractivity contribution in [1.82, 2.24) is 0 Å².